The normalized spacial score (nSPS) is 13.5. The largest absolute Gasteiger partial charge is 0.502 e. The molecule has 37 heavy (non-hydrogen) atoms. The van der Waals surface area contributed by atoms with Crippen LogP contribution in [0.2, 0.25) is 0 Å². The van der Waals surface area contributed by atoms with E-state index in [0.717, 1.165) is 29.1 Å². The smallest absolute Gasteiger partial charge is 0.318 e. The second kappa shape index (κ2) is 10.8. The lowest BCUT2D eigenvalue weighted by Crippen LogP contribution is -2.37. The first kappa shape index (κ1) is 25.2. The predicted molar refractivity (Wildman–Crippen MR) is 135 cm³/mol. The van der Waals surface area contributed by atoms with Crippen molar-refractivity contribution in [2.45, 2.75) is 13.8 Å². The van der Waals surface area contributed by atoms with Crippen LogP contribution >= 0.6 is 0 Å². The Kier molecular flexibility index (Phi) is 7.34. The zero-order valence-electron chi connectivity index (χ0n) is 19.9. The number of hydrogen-bond acceptors (Lipinski definition) is 13. The monoisotopic (exact) mass is 509 g/mol. The summed E-state index contributed by atoms with van der Waals surface area (Å²) in [5.74, 6) is -0.0996. The third-order valence-electron chi connectivity index (χ3n) is 5.44. The van der Waals surface area contributed by atoms with Gasteiger partial charge in [0.05, 0.1) is 40.9 Å². The molecule has 1 aliphatic heterocycles. The summed E-state index contributed by atoms with van der Waals surface area (Å²) in [5, 5.41) is 39.6. The number of hydrazone groups is 1. The lowest BCUT2D eigenvalue weighted by molar-refractivity contribution is -0.394. The molecule has 2 heterocycles. The summed E-state index contributed by atoms with van der Waals surface area (Å²) >= 11 is 0. The van der Waals surface area contributed by atoms with E-state index in [1.807, 2.05) is 36.9 Å². The number of hydrogen-bond donors (Lipinski definition) is 3. The van der Waals surface area contributed by atoms with Crippen LogP contribution in [0.3, 0.4) is 0 Å². The molecule has 0 aliphatic carbocycles. The van der Waals surface area contributed by atoms with Crippen molar-refractivity contribution in [1.82, 2.24) is 15.0 Å². The number of rotatable bonds is 8. The number of nitrogens with zero attached hydrogens (tertiary/aromatic N) is 7. The van der Waals surface area contributed by atoms with Gasteiger partial charge in [0.2, 0.25) is 23.6 Å². The molecule has 1 aromatic heterocycles. The van der Waals surface area contributed by atoms with Crippen molar-refractivity contribution in [2.24, 2.45) is 5.10 Å². The molecule has 0 unspecified atom stereocenters. The van der Waals surface area contributed by atoms with Crippen LogP contribution in [0, 0.1) is 34.1 Å². The maximum Gasteiger partial charge on any atom is 0.318 e. The molecule has 0 saturated carbocycles. The first-order valence-corrected chi connectivity index (χ1v) is 11.1. The standard InChI is InChI=1S/C22H23N9O6/c1-13-3-4-14(2)17(9-13)24-20-25-21(27-22(26-20)29-5-7-37-8-6-29)28-23-12-15-10-16(30(33)34)11-18(19(15)32)31(35)36/h3-4,9-12,32H,5-8H2,1-2H3,(H2,24,25,26,27,28)/b23-12+. The van der Waals surface area contributed by atoms with Gasteiger partial charge in [0.1, 0.15) is 0 Å². The zero-order valence-corrected chi connectivity index (χ0v) is 19.9. The summed E-state index contributed by atoms with van der Waals surface area (Å²) in [6.07, 6.45) is 1.01. The molecule has 1 saturated heterocycles. The van der Waals surface area contributed by atoms with Gasteiger partial charge < -0.3 is 20.1 Å². The van der Waals surface area contributed by atoms with Gasteiger partial charge in [-0.3, -0.25) is 20.2 Å². The summed E-state index contributed by atoms with van der Waals surface area (Å²) < 4.78 is 5.40. The third kappa shape index (κ3) is 6.02. The summed E-state index contributed by atoms with van der Waals surface area (Å²) in [6, 6.07) is 7.55. The molecule has 15 heteroatoms. The van der Waals surface area contributed by atoms with Crippen LogP contribution in [0.25, 0.3) is 0 Å². The number of aryl methyl sites for hydroxylation is 2. The van der Waals surface area contributed by atoms with Gasteiger partial charge in [0, 0.05) is 24.8 Å². The van der Waals surface area contributed by atoms with E-state index in [1.165, 1.54) is 0 Å². The highest BCUT2D eigenvalue weighted by Crippen LogP contribution is 2.33. The quantitative estimate of drug-likeness (QED) is 0.228. The van der Waals surface area contributed by atoms with Crippen molar-refractivity contribution in [3.8, 4) is 5.75 Å². The van der Waals surface area contributed by atoms with Crippen molar-refractivity contribution < 1.29 is 19.7 Å². The fourth-order valence-corrected chi connectivity index (χ4v) is 3.49. The topological polar surface area (TPSA) is 194 Å². The number of aromatic hydroxyl groups is 1. The number of ether oxygens (including phenoxy) is 1. The molecule has 192 valence electrons. The fraction of sp³-hybridized carbons (Fsp3) is 0.273. The number of nitro groups is 2. The Morgan fingerprint density at radius 2 is 1.78 bits per heavy atom. The van der Waals surface area contributed by atoms with Crippen LogP contribution in [0.15, 0.2) is 35.4 Å². The number of nitro benzene ring substituents is 2. The van der Waals surface area contributed by atoms with E-state index in [1.54, 1.807) is 0 Å². The highest BCUT2D eigenvalue weighted by molar-refractivity contribution is 5.87. The zero-order chi connectivity index (χ0) is 26.5. The van der Waals surface area contributed by atoms with Crippen LogP contribution in [-0.2, 0) is 4.74 Å². The summed E-state index contributed by atoms with van der Waals surface area (Å²) in [5.41, 5.74) is 3.83. The minimum atomic E-state index is -0.918. The molecule has 0 amide bonds. The maximum absolute atomic E-state index is 11.2. The minimum absolute atomic E-state index is 0.0416. The Labute approximate surface area is 210 Å². The van der Waals surface area contributed by atoms with E-state index >= 15 is 0 Å². The Hall–Kier alpha value is -4.92. The lowest BCUT2D eigenvalue weighted by atomic mass is 10.1. The van der Waals surface area contributed by atoms with Gasteiger partial charge in [-0.05, 0) is 31.0 Å². The second-order valence-electron chi connectivity index (χ2n) is 8.11. The molecule has 0 radical (unpaired) electrons. The molecule has 4 rings (SSSR count). The van der Waals surface area contributed by atoms with Gasteiger partial charge in [-0.2, -0.15) is 20.1 Å². The number of nitrogens with one attached hydrogen (secondary N) is 2. The second-order valence-corrected chi connectivity index (χ2v) is 8.11. The number of benzene rings is 2. The van der Waals surface area contributed by atoms with Gasteiger partial charge in [-0.25, -0.2) is 5.43 Å². The molecule has 1 aliphatic rings. The SMILES string of the molecule is Cc1ccc(C)c(Nc2nc(N/N=C/c3cc([N+](=O)[O-])cc([N+](=O)[O-])c3O)nc(N3CCOCC3)n2)c1. The van der Waals surface area contributed by atoms with Gasteiger partial charge in [-0.1, -0.05) is 12.1 Å². The van der Waals surface area contributed by atoms with E-state index in [0.29, 0.717) is 38.3 Å². The highest BCUT2D eigenvalue weighted by atomic mass is 16.6. The molecular formula is C22H23N9O6. The Morgan fingerprint density at radius 3 is 2.49 bits per heavy atom. The van der Waals surface area contributed by atoms with Crippen molar-refractivity contribution in [3.63, 3.8) is 0 Å². The molecule has 0 bridgehead atoms. The molecule has 3 N–H and O–H groups in total. The Morgan fingerprint density at radius 1 is 1.05 bits per heavy atom. The molecule has 3 aromatic rings. The van der Waals surface area contributed by atoms with Crippen molar-refractivity contribution in [1.29, 1.82) is 0 Å². The van der Waals surface area contributed by atoms with E-state index in [-0.39, 0.29) is 17.5 Å². The number of anilines is 4. The molecule has 2 aromatic carbocycles. The van der Waals surface area contributed by atoms with E-state index in [9.17, 15) is 25.3 Å². The van der Waals surface area contributed by atoms with Crippen molar-refractivity contribution >= 4 is 41.1 Å². The first-order valence-electron chi connectivity index (χ1n) is 11.1. The van der Waals surface area contributed by atoms with Gasteiger partial charge in [0.25, 0.3) is 5.69 Å². The number of phenolic OH excluding ortho intramolecular Hbond substituents is 1. The van der Waals surface area contributed by atoms with Crippen LogP contribution in [-0.4, -0.2) is 62.4 Å². The number of aromatic nitrogens is 3. The molecule has 15 nitrogen and oxygen atoms in total. The maximum atomic E-state index is 11.2. The van der Waals surface area contributed by atoms with Gasteiger partial charge in [-0.15, -0.1) is 0 Å². The predicted octanol–water partition coefficient (Wildman–Crippen LogP) is 3.04. The van der Waals surface area contributed by atoms with Crippen molar-refractivity contribution in [2.75, 3.05) is 41.9 Å². The van der Waals surface area contributed by atoms with Gasteiger partial charge in [0.15, 0.2) is 0 Å². The summed E-state index contributed by atoms with van der Waals surface area (Å²) in [7, 11) is 0. The third-order valence-corrected chi connectivity index (χ3v) is 5.44. The van der Waals surface area contributed by atoms with Gasteiger partial charge >= 0.3 is 5.69 Å². The number of non-ortho nitro benzene ring substituents is 1. The van der Waals surface area contributed by atoms with E-state index in [2.05, 4.69) is 30.8 Å². The minimum Gasteiger partial charge on any atom is -0.502 e. The van der Waals surface area contributed by atoms with Crippen LogP contribution < -0.4 is 15.6 Å². The average molecular weight is 509 g/mol. The molecule has 0 spiro atoms. The summed E-state index contributed by atoms with van der Waals surface area (Å²) in [4.78, 5) is 35.8. The summed E-state index contributed by atoms with van der Waals surface area (Å²) in [6.45, 7) is 6.07. The number of morpholine rings is 1. The molecule has 0 atom stereocenters. The average Bonchev–Trinajstić information content (AvgIpc) is 2.87. The fourth-order valence-electron chi connectivity index (χ4n) is 3.49. The molecule has 1 fully saturated rings. The highest BCUT2D eigenvalue weighted by Gasteiger charge is 2.23. The van der Waals surface area contributed by atoms with E-state index < -0.39 is 27.0 Å². The Balaban J connectivity index is 1.65. The van der Waals surface area contributed by atoms with Crippen LogP contribution in [0.1, 0.15) is 16.7 Å². The molecular weight excluding hydrogens is 486 g/mol. The number of phenols is 1. The lowest BCUT2D eigenvalue weighted by Gasteiger charge is -2.27. The Bertz CT molecular complexity index is 1370. The van der Waals surface area contributed by atoms with Crippen LogP contribution in [0.4, 0.5) is 34.9 Å². The van der Waals surface area contributed by atoms with Crippen LogP contribution in [0.5, 0.6) is 5.75 Å². The van der Waals surface area contributed by atoms with E-state index in [4.69, 9.17) is 4.74 Å². The first-order chi connectivity index (χ1) is 17.7. The van der Waals surface area contributed by atoms with Crippen molar-refractivity contribution in [3.05, 3.63) is 67.3 Å².